The van der Waals surface area contributed by atoms with Crippen LogP contribution < -0.4 is 5.73 Å². The third kappa shape index (κ3) is 2.33. The predicted molar refractivity (Wildman–Crippen MR) is 61.9 cm³/mol. The van der Waals surface area contributed by atoms with E-state index in [1.807, 2.05) is 12.1 Å². The second-order valence-electron chi connectivity index (χ2n) is 3.98. The standard InChI is InChI=1S/C11H14ClN3O/c12-10-8(3-1-5-14-10)7-15-6-2-4-9(15)11(13)16/h1,3,5,9H,2,4,6-7H2,(H2,13,16)/t9-/m0/s1. The van der Waals surface area contributed by atoms with Crippen LogP contribution in [0.1, 0.15) is 18.4 Å². The quantitative estimate of drug-likeness (QED) is 0.806. The third-order valence-electron chi connectivity index (χ3n) is 2.90. The molecular weight excluding hydrogens is 226 g/mol. The van der Waals surface area contributed by atoms with Crippen molar-refractivity contribution in [1.29, 1.82) is 0 Å². The summed E-state index contributed by atoms with van der Waals surface area (Å²) in [5.74, 6) is -0.252. The molecule has 1 amide bonds. The molecule has 5 heteroatoms. The Morgan fingerprint density at radius 2 is 2.50 bits per heavy atom. The first kappa shape index (κ1) is 11.4. The number of hydrogen-bond acceptors (Lipinski definition) is 3. The average Bonchev–Trinajstić information content (AvgIpc) is 2.69. The van der Waals surface area contributed by atoms with Gasteiger partial charge in [0.15, 0.2) is 0 Å². The Morgan fingerprint density at radius 3 is 3.19 bits per heavy atom. The molecule has 1 aliphatic rings. The molecule has 1 fully saturated rings. The van der Waals surface area contributed by atoms with Gasteiger partial charge in [-0.25, -0.2) is 4.98 Å². The van der Waals surface area contributed by atoms with Crippen LogP contribution in [0.3, 0.4) is 0 Å². The Balaban J connectivity index is 2.10. The minimum absolute atomic E-state index is 0.156. The average molecular weight is 240 g/mol. The number of likely N-dealkylation sites (tertiary alicyclic amines) is 1. The highest BCUT2D eigenvalue weighted by molar-refractivity contribution is 6.30. The summed E-state index contributed by atoms with van der Waals surface area (Å²) < 4.78 is 0. The summed E-state index contributed by atoms with van der Waals surface area (Å²) in [7, 11) is 0. The maximum absolute atomic E-state index is 11.2. The van der Waals surface area contributed by atoms with E-state index in [4.69, 9.17) is 17.3 Å². The fourth-order valence-electron chi connectivity index (χ4n) is 2.09. The van der Waals surface area contributed by atoms with E-state index in [0.29, 0.717) is 11.7 Å². The Bertz CT molecular complexity index is 397. The molecule has 86 valence electrons. The largest absolute Gasteiger partial charge is 0.368 e. The normalized spacial score (nSPS) is 21.2. The van der Waals surface area contributed by atoms with Gasteiger partial charge in [0.1, 0.15) is 5.15 Å². The van der Waals surface area contributed by atoms with Crippen LogP contribution in [-0.2, 0) is 11.3 Å². The van der Waals surface area contributed by atoms with Crippen LogP contribution in [0, 0.1) is 0 Å². The Hall–Kier alpha value is -1.13. The van der Waals surface area contributed by atoms with Crippen LogP contribution >= 0.6 is 11.6 Å². The Morgan fingerprint density at radius 1 is 1.69 bits per heavy atom. The monoisotopic (exact) mass is 239 g/mol. The number of hydrogen-bond donors (Lipinski definition) is 1. The molecule has 0 saturated carbocycles. The number of pyridine rings is 1. The van der Waals surface area contributed by atoms with Crippen molar-refractivity contribution in [1.82, 2.24) is 9.88 Å². The Kier molecular flexibility index (Phi) is 3.41. The van der Waals surface area contributed by atoms with Crippen molar-refractivity contribution in [3.63, 3.8) is 0 Å². The van der Waals surface area contributed by atoms with E-state index in [2.05, 4.69) is 9.88 Å². The minimum atomic E-state index is -0.252. The number of nitrogens with zero attached hydrogens (tertiary/aromatic N) is 2. The lowest BCUT2D eigenvalue weighted by atomic mass is 10.2. The first-order valence-corrected chi connectivity index (χ1v) is 5.69. The second kappa shape index (κ2) is 4.80. The molecule has 0 unspecified atom stereocenters. The number of aromatic nitrogens is 1. The van der Waals surface area contributed by atoms with Crippen molar-refractivity contribution in [3.05, 3.63) is 29.0 Å². The van der Waals surface area contributed by atoms with Crippen LogP contribution in [0.4, 0.5) is 0 Å². The van der Waals surface area contributed by atoms with Crippen molar-refractivity contribution in [2.24, 2.45) is 5.73 Å². The molecular formula is C11H14ClN3O. The van der Waals surface area contributed by atoms with Gasteiger partial charge in [-0.1, -0.05) is 17.7 Å². The van der Waals surface area contributed by atoms with Crippen LogP contribution in [0.5, 0.6) is 0 Å². The molecule has 1 atom stereocenters. The summed E-state index contributed by atoms with van der Waals surface area (Å²) in [6, 6.07) is 3.61. The molecule has 2 heterocycles. The lowest BCUT2D eigenvalue weighted by Crippen LogP contribution is -2.39. The summed E-state index contributed by atoms with van der Waals surface area (Å²) >= 11 is 5.98. The van der Waals surface area contributed by atoms with Crippen molar-refractivity contribution in [2.45, 2.75) is 25.4 Å². The molecule has 16 heavy (non-hydrogen) atoms. The topological polar surface area (TPSA) is 59.2 Å². The van der Waals surface area contributed by atoms with E-state index in [1.165, 1.54) is 0 Å². The van der Waals surface area contributed by atoms with Gasteiger partial charge in [-0.05, 0) is 25.5 Å². The van der Waals surface area contributed by atoms with Crippen molar-refractivity contribution < 1.29 is 4.79 Å². The van der Waals surface area contributed by atoms with Gasteiger partial charge >= 0.3 is 0 Å². The fourth-order valence-corrected chi connectivity index (χ4v) is 2.27. The van der Waals surface area contributed by atoms with E-state index in [1.54, 1.807) is 6.20 Å². The van der Waals surface area contributed by atoms with E-state index in [0.717, 1.165) is 24.9 Å². The highest BCUT2D eigenvalue weighted by atomic mass is 35.5. The smallest absolute Gasteiger partial charge is 0.234 e. The zero-order chi connectivity index (χ0) is 11.5. The van der Waals surface area contributed by atoms with Crippen molar-refractivity contribution >= 4 is 17.5 Å². The molecule has 2 rings (SSSR count). The van der Waals surface area contributed by atoms with Crippen molar-refractivity contribution in [3.8, 4) is 0 Å². The van der Waals surface area contributed by atoms with Gasteiger partial charge in [-0.3, -0.25) is 9.69 Å². The second-order valence-corrected chi connectivity index (χ2v) is 4.34. The summed E-state index contributed by atoms with van der Waals surface area (Å²) in [4.78, 5) is 17.3. The molecule has 0 spiro atoms. The zero-order valence-corrected chi connectivity index (χ0v) is 9.65. The molecule has 0 aromatic carbocycles. The fraction of sp³-hybridized carbons (Fsp3) is 0.455. The molecule has 0 radical (unpaired) electrons. The maximum atomic E-state index is 11.2. The number of nitrogens with two attached hydrogens (primary N) is 1. The molecule has 1 saturated heterocycles. The highest BCUT2D eigenvalue weighted by Gasteiger charge is 2.29. The lowest BCUT2D eigenvalue weighted by molar-refractivity contribution is -0.122. The van der Waals surface area contributed by atoms with Gasteiger partial charge in [-0.15, -0.1) is 0 Å². The molecule has 0 bridgehead atoms. The van der Waals surface area contributed by atoms with Gasteiger partial charge in [0.2, 0.25) is 5.91 Å². The summed E-state index contributed by atoms with van der Waals surface area (Å²) in [5, 5.41) is 0.498. The molecule has 0 aliphatic carbocycles. The maximum Gasteiger partial charge on any atom is 0.234 e. The first-order valence-electron chi connectivity index (χ1n) is 5.31. The first-order chi connectivity index (χ1) is 7.68. The Labute approximate surface area is 99.4 Å². The summed E-state index contributed by atoms with van der Waals surface area (Å²) in [6.45, 7) is 1.53. The third-order valence-corrected chi connectivity index (χ3v) is 3.24. The summed E-state index contributed by atoms with van der Waals surface area (Å²) in [5.41, 5.74) is 6.29. The van der Waals surface area contributed by atoms with Crippen LogP contribution in [0.2, 0.25) is 5.15 Å². The van der Waals surface area contributed by atoms with E-state index in [9.17, 15) is 4.79 Å². The summed E-state index contributed by atoms with van der Waals surface area (Å²) in [6.07, 6.45) is 3.50. The molecule has 4 nitrogen and oxygen atoms in total. The number of amides is 1. The minimum Gasteiger partial charge on any atom is -0.368 e. The van der Waals surface area contributed by atoms with Crippen LogP contribution in [-0.4, -0.2) is 28.4 Å². The van der Waals surface area contributed by atoms with Crippen LogP contribution in [0.25, 0.3) is 0 Å². The number of halogens is 1. The van der Waals surface area contributed by atoms with Gasteiger partial charge in [0.05, 0.1) is 6.04 Å². The number of carbonyl (C=O) groups excluding carboxylic acids is 1. The van der Waals surface area contributed by atoms with Gasteiger partial charge in [0.25, 0.3) is 0 Å². The van der Waals surface area contributed by atoms with Gasteiger partial charge in [0, 0.05) is 18.3 Å². The molecule has 1 aliphatic heterocycles. The predicted octanol–water partition coefficient (Wildman–Crippen LogP) is 1.18. The number of primary amides is 1. The number of carbonyl (C=O) groups is 1. The van der Waals surface area contributed by atoms with Crippen molar-refractivity contribution in [2.75, 3.05) is 6.54 Å². The highest BCUT2D eigenvalue weighted by Crippen LogP contribution is 2.22. The molecule has 2 N–H and O–H groups in total. The van der Waals surface area contributed by atoms with Gasteiger partial charge < -0.3 is 5.73 Å². The molecule has 1 aromatic heterocycles. The van der Waals surface area contributed by atoms with E-state index in [-0.39, 0.29) is 11.9 Å². The number of rotatable bonds is 3. The van der Waals surface area contributed by atoms with E-state index >= 15 is 0 Å². The lowest BCUT2D eigenvalue weighted by Gasteiger charge is -2.21. The SMILES string of the molecule is NC(=O)[C@@H]1CCCN1Cc1cccnc1Cl. The molecule has 1 aromatic rings. The zero-order valence-electron chi connectivity index (χ0n) is 8.90. The van der Waals surface area contributed by atoms with Gasteiger partial charge in [-0.2, -0.15) is 0 Å². The van der Waals surface area contributed by atoms with Crippen LogP contribution in [0.15, 0.2) is 18.3 Å². The van der Waals surface area contributed by atoms with E-state index < -0.39 is 0 Å².